The van der Waals surface area contributed by atoms with Crippen molar-refractivity contribution in [3.05, 3.63) is 5.82 Å². The first-order valence-electron chi connectivity index (χ1n) is 7.44. The molecule has 1 fully saturated rings. The first-order chi connectivity index (χ1) is 9.80. The van der Waals surface area contributed by atoms with Gasteiger partial charge in [0.1, 0.15) is 0 Å². The summed E-state index contributed by atoms with van der Waals surface area (Å²) in [4.78, 5) is 14.3. The van der Waals surface area contributed by atoms with Crippen LogP contribution in [0.5, 0.6) is 0 Å². The first kappa shape index (κ1) is 16.1. The monoisotopic (exact) mass is 311 g/mol. The Kier molecular flexibility index (Phi) is 4.81. The highest BCUT2D eigenvalue weighted by Gasteiger charge is 2.26. The smallest absolute Gasteiger partial charge is 0.233 e. The van der Waals surface area contributed by atoms with Crippen molar-refractivity contribution in [1.29, 1.82) is 0 Å². The molecule has 0 saturated carbocycles. The lowest BCUT2D eigenvalue weighted by molar-refractivity contribution is -0.131. The fourth-order valence-corrected chi connectivity index (χ4v) is 3.31. The van der Waals surface area contributed by atoms with E-state index in [-0.39, 0.29) is 11.3 Å². The Labute approximate surface area is 130 Å². The molecule has 2 rings (SSSR count). The summed E-state index contributed by atoms with van der Waals surface area (Å²) in [6.07, 6.45) is 3.41. The zero-order valence-corrected chi connectivity index (χ0v) is 14.1. The van der Waals surface area contributed by atoms with Gasteiger partial charge in [-0.15, -0.1) is 10.2 Å². The Morgan fingerprint density at radius 1 is 1.38 bits per heavy atom. The molecule has 1 saturated heterocycles. The molecule has 1 aliphatic heterocycles. The van der Waals surface area contributed by atoms with Gasteiger partial charge in [0.25, 0.3) is 0 Å². The van der Waals surface area contributed by atoms with Crippen molar-refractivity contribution < 1.29 is 4.79 Å². The van der Waals surface area contributed by atoms with E-state index in [1.54, 1.807) is 0 Å². The lowest BCUT2D eigenvalue weighted by Crippen LogP contribution is -2.43. The number of hydrogen-bond acceptors (Lipinski definition) is 5. The number of carbonyl (C=O) groups excluding carboxylic acids is 1. The van der Waals surface area contributed by atoms with E-state index in [1.807, 2.05) is 25.7 Å². The molecule has 2 heterocycles. The average molecular weight is 311 g/mol. The second-order valence-corrected chi connectivity index (χ2v) is 7.59. The topological polar surface area (TPSA) is 77.0 Å². The van der Waals surface area contributed by atoms with Crippen molar-refractivity contribution in [2.75, 3.05) is 18.1 Å². The maximum Gasteiger partial charge on any atom is 0.233 e. The van der Waals surface area contributed by atoms with E-state index >= 15 is 0 Å². The molecule has 1 aliphatic rings. The predicted octanol–water partition coefficient (Wildman–Crippen LogP) is 1.78. The van der Waals surface area contributed by atoms with Gasteiger partial charge in [0.15, 0.2) is 5.82 Å². The van der Waals surface area contributed by atoms with Crippen LogP contribution >= 0.6 is 11.8 Å². The van der Waals surface area contributed by atoms with Crippen LogP contribution in [0.25, 0.3) is 0 Å². The number of piperidine rings is 1. The molecule has 0 bridgehead atoms. The number of nitrogen functional groups attached to an aromatic ring is 1. The number of amides is 1. The highest BCUT2D eigenvalue weighted by atomic mass is 32.2. The Morgan fingerprint density at radius 2 is 2.10 bits per heavy atom. The van der Waals surface area contributed by atoms with Gasteiger partial charge in [0.2, 0.25) is 11.1 Å². The molecule has 0 radical (unpaired) electrons. The maximum atomic E-state index is 12.3. The lowest BCUT2D eigenvalue weighted by Gasteiger charge is -2.33. The number of aromatic nitrogens is 3. The van der Waals surface area contributed by atoms with Crippen LogP contribution < -0.4 is 5.84 Å². The molecule has 0 spiro atoms. The zero-order valence-electron chi connectivity index (χ0n) is 13.3. The van der Waals surface area contributed by atoms with Gasteiger partial charge in [-0.05, 0) is 26.2 Å². The number of nitrogens with two attached hydrogens (primary N) is 1. The highest BCUT2D eigenvalue weighted by molar-refractivity contribution is 7.99. The maximum absolute atomic E-state index is 12.3. The quantitative estimate of drug-likeness (QED) is 0.680. The molecule has 7 heteroatoms. The fourth-order valence-electron chi connectivity index (χ4n) is 2.56. The minimum Gasteiger partial charge on any atom is -0.339 e. The van der Waals surface area contributed by atoms with E-state index < -0.39 is 0 Å². The molecule has 0 aliphatic carbocycles. The van der Waals surface area contributed by atoms with Crippen molar-refractivity contribution in [2.45, 2.75) is 63.6 Å². The molecule has 1 unspecified atom stereocenters. The van der Waals surface area contributed by atoms with Crippen LogP contribution in [-0.2, 0) is 10.2 Å². The van der Waals surface area contributed by atoms with Crippen LogP contribution in [-0.4, -0.2) is 44.0 Å². The molecular formula is C14H25N5OS. The van der Waals surface area contributed by atoms with Gasteiger partial charge in [-0.3, -0.25) is 4.79 Å². The summed E-state index contributed by atoms with van der Waals surface area (Å²) in [5.74, 6) is 7.28. The molecule has 21 heavy (non-hydrogen) atoms. The number of carbonyl (C=O) groups is 1. The summed E-state index contributed by atoms with van der Waals surface area (Å²) in [6.45, 7) is 9.09. The SMILES string of the molecule is CC1CCCCN1C(=O)CSc1nnc(C(C)(C)C)n1N. The molecule has 118 valence electrons. The summed E-state index contributed by atoms with van der Waals surface area (Å²) in [7, 11) is 0. The van der Waals surface area contributed by atoms with Crippen molar-refractivity contribution in [1.82, 2.24) is 19.8 Å². The number of rotatable bonds is 3. The minimum atomic E-state index is -0.161. The molecular weight excluding hydrogens is 286 g/mol. The molecule has 2 N–H and O–H groups in total. The van der Waals surface area contributed by atoms with Crippen molar-refractivity contribution in [2.24, 2.45) is 0 Å². The van der Waals surface area contributed by atoms with Gasteiger partial charge >= 0.3 is 0 Å². The first-order valence-corrected chi connectivity index (χ1v) is 8.42. The Morgan fingerprint density at radius 3 is 2.67 bits per heavy atom. The predicted molar refractivity (Wildman–Crippen MR) is 84.6 cm³/mol. The third-order valence-electron chi connectivity index (χ3n) is 3.78. The second kappa shape index (κ2) is 6.25. The minimum absolute atomic E-state index is 0.160. The molecule has 6 nitrogen and oxygen atoms in total. The molecule has 1 atom stereocenters. The molecule has 1 amide bonds. The lowest BCUT2D eigenvalue weighted by atomic mass is 9.96. The van der Waals surface area contributed by atoms with E-state index in [4.69, 9.17) is 5.84 Å². The van der Waals surface area contributed by atoms with Crippen LogP contribution in [0.1, 0.15) is 52.8 Å². The number of likely N-dealkylation sites (tertiary alicyclic amines) is 1. The highest BCUT2D eigenvalue weighted by Crippen LogP contribution is 2.24. The van der Waals surface area contributed by atoms with Gasteiger partial charge in [0, 0.05) is 18.0 Å². The Balaban J connectivity index is 1.97. The van der Waals surface area contributed by atoms with Crippen LogP contribution in [0.15, 0.2) is 5.16 Å². The normalized spacial score (nSPS) is 19.8. The van der Waals surface area contributed by atoms with E-state index in [0.717, 1.165) is 25.2 Å². The van der Waals surface area contributed by atoms with Gasteiger partial charge in [-0.1, -0.05) is 32.5 Å². The molecule has 1 aromatic heterocycles. The third kappa shape index (κ3) is 3.70. The summed E-state index contributed by atoms with van der Waals surface area (Å²) in [5, 5.41) is 8.83. The fraction of sp³-hybridized carbons (Fsp3) is 0.786. The Hall–Kier alpha value is -1.24. The standard InChI is InChI=1S/C14H25N5OS/c1-10-7-5-6-8-18(10)11(20)9-21-13-17-16-12(19(13)15)14(2,3)4/h10H,5-9,15H2,1-4H3. The summed E-state index contributed by atoms with van der Waals surface area (Å²) >= 11 is 1.36. The largest absolute Gasteiger partial charge is 0.339 e. The summed E-state index contributed by atoms with van der Waals surface area (Å²) in [5.41, 5.74) is -0.161. The summed E-state index contributed by atoms with van der Waals surface area (Å²) in [6, 6.07) is 0.340. The van der Waals surface area contributed by atoms with Crippen LogP contribution in [0.3, 0.4) is 0 Å². The molecule has 1 aromatic rings. The number of hydrogen-bond donors (Lipinski definition) is 1. The van der Waals surface area contributed by atoms with Crippen molar-refractivity contribution in [3.63, 3.8) is 0 Å². The second-order valence-electron chi connectivity index (χ2n) is 6.65. The summed E-state index contributed by atoms with van der Waals surface area (Å²) < 4.78 is 1.50. The van der Waals surface area contributed by atoms with Gasteiger partial charge < -0.3 is 10.7 Å². The van der Waals surface area contributed by atoms with E-state index in [2.05, 4.69) is 17.1 Å². The Bertz CT molecular complexity index is 508. The van der Waals surface area contributed by atoms with Crippen molar-refractivity contribution >= 4 is 17.7 Å². The zero-order chi connectivity index (χ0) is 15.6. The van der Waals surface area contributed by atoms with Gasteiger partial charge in [-0.25, -0.2) is 4.68 Å². The van der Waals surface area contributed by atoms with Crippen LogP contribution in [0.4, 0.5) is 0 Å². The number of nitrogens with zero attached hydrogens (tertiary/aromatic N) is 4. The van der Waals surface area contributed by atoms with Crippen LogP contribution in [0.2, 0.25) is 0 Å². The van der Waals surface area contributed by atoms with E-state index in [1.165, 1.54) is 22.9 Å². The average Bonchev–Trinajstić information content (AvgIpc) is 2.77. The number of thioether (sulfide) groups is 1. The van der Waals surface area contributed by atoms with Crippen molar-refractivity contribution in [3.8, 4) is 0 Å². The van der Waals surface area contributed by atoms with Gasteiger partial charge in [0.05, 0.1) is 5.75 Å². The van der Waals surface area contributed by atoms with E-state index in [9.17, 15) is 4.79 Å². The van der Waals surface area contributed by atoms with Crippen LogP contribution in [0, 0.1) is 0 Å². The molecule has 0 aromatic carbocycles. The third-order valence-corrected chi connectivity index (χ3v) is 4.71. The van der Waals surface area contributed by atoms with Gasteiger partial charge in [-0.2, -0.15) is 0 Å². The van der Waals surface area contributed by atoms with E-state index in [0.29, 0.717) is 17.0 Å².